The summed E-state index contributed by atoms with van der Waals surface area (Å²) < 4.78 is 41.1. The van der Waals surface area contributed by atoms with Crippen LogP contribution >= 0.6 is 24.0 Å². The Balaban J connectivity index is 0.00000512. The number of nitrogens with zero attached hydrogens (tertiary/aromatic N) is 2. The predicted molar refractivity (Wildman–Crippen MR) is 130 cm³/mol. The third-order valence-corrected chi connectivity index (χ3v) is 5.11. The monoisotopic (exact) mass is 570 g/mol. The van der Waals surface area contributed by atoms with Crippen LogP contribution in [0.25, 0.3) is 0 Å². The van der Waals surface area contributed by atoms with E-state index in [1.807, 2.05) is 24.0 Å². The lowest BCUT2D eigenvalue weighted by Gasteiger charge is -2.27. The number of carbonyl (C=O) groups excluding carboxylic acids is 1. The van der Waals surface area contributed by atoms with Crippen LogP contribution in [0.1, 0.15) is 50.7 Å². The second kappa shape index (κ2) is 14.6. The normalized spacial score (nSPS) is 15.5. The van der Waals surface area contributed by atoms with E-state index in [4.69, 9.17) is 0 Å². The number of halogens is 4. The molecule has 182 valence electrons. The first-order valence-electron chi connectivity index (χ1n) is 10.9. The van der Waals surface area contributed by atoms with Crippen molar-refractivity contribution in [1.82, 2.24) is 15.5 Å². The summed E-state index contributed by atoms with van der Waals surface area (Å²) in [7, 11) is 0. The first kappa shape index (κ1) is 28.5. The van der Waals surface area contributed by atoms with Gasteiger partial charge in [0.15, 0.2) is 5.96 Å². The number of hydrogen-bond acceptors (Lipinski definition) is 3. The van der Waals surface area contributed by atoms with Gasteiger partial charge in [0, 0.05) is 32.1 Å². The quantitative estimate of drug-likeness (QED) is 0.238. The summed E-state index contributed by atoms with van der Waals surface area (Å²) in [5, 5.41) is 6.53. The molecule has 1 fully saturated rings. The van der Waals surface area contributed by atoms with E-state index in [2.05, 4.69) is 27.3 Å². The maximum atomic E-state index is 12.1. The number of nitrogens with one attached hydrogen (secondary N) is 2. The number of ether oxygens (including phenoxy) is 1. The average molecular weight is 570 g/mol. The smallest absolute Gasteiger partial charge is 0.367 e. The molecule has 2 rings (SSSR count). The Labute approximate surface area is 205 Å². The largest absolute Gasteiger partial charge is 0.411 e. The number of likely N-dealkylation sites (tertiary alicyclic amines) is 1. The molecular formula is C22H34F3IN4O2. The second-order valence-corrected chi connectivity index (χ2v) is 7.59. The Kier molecular flexibility index (Phi) is 13.0. The number of carbonyl (C=O) groups is 1. The zero-order chi connectivity index (χ0) is 22.7. The lowest BCUT2D eigenvalue weighted by molar-refractivity contribution is -0.176. The van der Waals surface area contributed by atoms with Crippen LogP contribution in [0.15, 0.2) is 29.3 Å². The minimum absolute atomic E-state index is 0. The number of guanidine groups is 1. The van der Waals surface area contributed by atoms with E-state index in [0.29, 0.717) is 31.0 Å². The predicted octanol–water partition coefficient (Wildman–Crippen LogP) is 4.23. The van der Waals surface area contributed by atoms with Crippen molar-refractivity contribution < 1.29 is 22.7 Å². The highest BCUT2D eigenvalue weighted by atomic mass is 127. The molecular weight excluding hydrogens is 536 g/mol. The summed E-state index contributed by atoms with van der Waals surface area (Å²) in [5.41, 5.74) is 1.63. The number of hydrogen-bond donors (Lipinski definition) is 2. The molecule has 1 aromatic rings. The van der Waals surface area contributed by atoms with Gasteiger partial charge in [0.25, 0.3) is 0 Å². The van der Waals surface area contributed by atoms with E-state index in [0.717, 1.165) is 37.9 Å². The highest BCUT2D eigenvalue weighted by Gasteiger charge is 2.27. The molecule has 1 atom stereocenters. The Bertz CT molecular complexity index is 714. The third-order valence-electron chi connectivity index (χ3n) is 5.11. The van der Waals surface area contributed by atoms with Gasteiger partial charge in [-0.1, -0.05) is 31.2 Å². The highest BCUT2D eigenvalue weighted by molar-refractivity contribution is 14.0. The van der Waals surface area contributed by atoms with E-state index >= 15 is 0 Å². The van der Waals surface area contributed by atoms with Crippen LogP contribution in [0.3, 0.4) is 0 Å². The molecule has 6 nitrogen and oxygen atoms in total. The maximum absolute atomic E-state index is 12.1. The summed E-state index contributed by atoms with van der Waals surface area (Å²) in [6, 6.07) is 7.43. The van der Waals surface area contributed by atoms with Gasteiger partial charge in [0.1, 0.15) is 6.61 Å². The van der Waals surface area contributed by atoms with Crippen molar-refractivity contribution in [2.75, 3.05) is 26.2 Å². The van der Waals surface area contributed by atoms with Crippen LogP contribution in [0.4, 0.5) is 13.2 Å². The fourth-order valence-corrected chi connectivity index (χ4v) is 3.53. The van der Waals surface area contributed by atoms with Crippen molar-refractivity contribution >= 4 is 35.8 Å². The summed E-state index contributed by atoms with van der Waals surface area (Å²) in [6.07, 6.45) is -0.924. The summed E-state index contributed by atoms with van der Waals surface area (Å²) in [5.74, 6) is 0.947. The van der Waals surface area contributed by atoms with Crippen molar-refractivity contribution in [2.45, 2.75) is 64.9 Å². The number of alkyl halides is 3. The Morgan fingerprint density at radius 3 is 2.44 bits per heavy atom. The van der Waals surface area contributed by atoms with Crippen LogP contribution in [0.2, 0.25) is 0 Å². The molecule has 0 bridgehead atoms. The lowest BCUT2D eigenvalue weighted by Crippen LogP contribution is -2.42. The van der Waals surface area contributed by atoms with Gasteiger partial charge in [-0.3, -0.25) is 4.79 Å². The fourth-order valence-electron chi connectivity index (χ4n) is 3.53. The topological polar surface area (TPSA) is 66.0 Å². The molecule has 0 spiro atoms. The zero-order valence-corrected chi connectivity index (χ0v) is 21.0. The van der Waals surface area contributed by atoms with Crippen LogP contribution in [-0.4, -0.2) is 55.2 Å². The Morgan fingerprint density at radius 2 is 1.88 bits per heavy atom. The van der Waals surface area contributed by atoms with Crippen LogP contribution < -0.4 is 10.6 Å². The minimum Gasteiger partial charge on any atom is -0.367 e. The van der Waals surface area contributed by atoms with E-state index in [1.165, 1.54) is 0 Å². The molecule has 0 aliphatic carbocycles. The van der Waals surface area contributed by atoms with Crippen molar-refractivity contribution in [3.63, 3.8) is 0 Å². The molecule has 32 heavy (non-hydrogen) atoms. The molecule has 1 heterocycles. The molecule has 1 aromatic carbocycles. The molecule has 0 aromatic heterocycles. The van der Waals surface area contributed by atoms with Gasteiger partial charge in [-0.05, 0) is 37.3 Å². The van der Waals surface area contributed by atoms with Crippen molar-refractivity contribution in [1.29, 1.82) is 0 Å². The van der Waals surface area contributed by atoms with Crippen LogP contribution in [-0.2, 0) is 22.7 Å². The maximum Gasteiger partial charge on any atom is 0.411 e. The average Bonchev–Trinajstić information content (AvgIpc) is 3.15. The number of benzene rings is 1. The molecule has 1 unspecified atom stereocenters. The Hall–Kier alpha value is -1.56. The van der Waals surface area contributed by atoms with Gasteiger partial charge in [0.05, 0.1) is 13.2 Å². The van der Waals surface area contributed by atoms with E-state index in [9.17, 15) is 18.0 Å². The van der Waals surface area contributed by atoms with Gasteiger partial charge >= 0.3 is 6.18 Å². The van der Waals surface area contributed by atoms with Gasteiger partial charge in [-0.15, -0.1) is 24.0 Å². The summed E-state index contributed by atoms with van der Waals surface area (Å²) in [4.78, 5) is 18.5. The number of amides is 1. The minimum atomic E-state index is -4.31. The molecule has 1 aliphatic rings. The van der Waals surface area contributed by atoms with Gasteiger partial charge in [-0.25, -0.2) is 4.99 Å². The molecule has 0 saturated carbocycles. The van der Waals surface area contributed by atoms with Gasteiger partial charge in [0.2, 0.25) is 5.91 Å². The molecule has 10 heteroatoms. The number of rotatable bonds is 11. The van der Waals surface area contributed by atoms with Crippen LogP contribution in [0, 0.1) is 0 Å². The second-order valence-electron chi connectivity index (χ2n) is 7.59. The van der Waals surface area contributed by atoms with Crippen molar-refractivity contribution in [2.24, 2.45) is 4.99 Å². The lowest BCUT2D eigenvalue weighted by atomic mass is 10.1. The van der Waals surface area contributed by atoms with Gasteiger partial charge in [-0.2, -0.15) is 13.2 Å². The molecule has 1 saturated heterocycles. The zero-order valence-electron chi connectivity index (χ0n) is 18.7. The number of aliphatic imine (C=N–C) groups is 1. The summed E-state index contributed by atoms with van der Waals surface area (Å²) in [6.45, 7) is 5.50. The van der Waals surface area contributed by atoms with E-state index in [-0.39, 0.29) is 42.5 Å². The molecule has 1 amide bonds. The van der Waals surface area contributed by atoms with Gasteiger partial charge < -0.3 is 20.3 Å². The first-order chi connectivity index (χ1) is 14.8. The standard InChI is InChI=1S/C22H33F3N4O2.HI/c1-3-19(29-13-5-6-20(29)30)11-12-27-21(26-4-2)28-14-17-7-9-18(10-8-17)15-31-16-22(23,24)25;/h7-10,19H,3-6,11-16H2,1-2H3,(H2,26,27,28);1H. The van der Waals surface area contributed by atoms with E-state index < -0.39 is 12.8 Å². The van der Waals surface area contributed by atoms with Crippen LogP contribution in [0.5, 0.6) is 0 Å². The highest BCUT2D eigenvalue weighted by Crippen LogP contribution is 2.18. The van der Waals surface area contributed by atoms with Crippen molar-refractivity contribution in [3.8, 4) is 0 Å². The molecule has 2 N–H and O–H groups in total. The SMILES string of the molecule is CCNC(=NCc1ccc(COCC(F)(F)F)cc1)NCCC(CC)N1CCCC1=O.I. The molecule has 1 aliphatic heterocycles. The fraction of sp³-hybridized carbons (Fsp3) is 0.636. The third kappa shape index (κ3) is 10.4. The summed E-state index contributed by atoms with van der Waals surface area (Å²) >= 11 is 0. The first-order valence-corrected chi connectivity index (χ1v) is 10.9. The van der Waals surface area contributed by atoms with Crippen molar-refractivity contribution in [3.05, 3.63) is 35.4 Å². The van der Waals surface area contributed by atoms with E-state index in [1.54, 1.807) is 12.1 Å². The Morgan fingerprint density at radius 1 is 1.19 bits per heavy atom. The molecule has 0 radical (unpaired) electrons.